The number of pyridine rings is 1. The maximum atomic E-state index is 4.56. The Balaban J connectivity index is 1.81. The normalized spacial score (nSPS) is 23.6. The van der Waals surface area contributed by atoms with E-state index >= 15 is 0 Å². The second kappa shape index (κ2) is 4.97. The lowest BCUT2D eigenvalue weighted by molar-refractivity contribution is 0.403. The van der Waals surface area contributed by atoms with Crippen LogP contribution in [0.15, 0.2) is 24.5 Å². The first-order valence-corrected chi connectivity index (χ1v) is 6.56. The van der Waals surface area contributed by atoms with E-state index in [-0.39, 0.29) is 0 Å². The Morgan fingerprint density at radius 1 is 1.26 bits per heavy atom. The Labute approximate surface area is 112 Å². The molecular weight excluding hydrogens is 240 g/mol. The molecule has 6 nitrogen and oxygen atoms in total. The van der Waals surface area contributed by atoms with E-state index in [0.717, 1.165) is 30.4 Å². The molecule has 0 amide bonds. The van der Waals surface area contributed by atoms with Gasteiger partial charge in [-0.15, -0.1) is 5.10 Å². The second-order valence-electron chi connectivity index (χ2n) is 5.10. The van der Waals surface area contributed by atoms with Gasteiger partial charge in [0, 0.05) is 43.1 Å². The second-order valence-corrected chi connectivity index (χ2v) is 5.10. The Kier molecular flexibility index (Phi) is 3.16. The molecule has 19 heavy (non-hydrogen) atoms. The number of nitrogens with one attached hydrogen (secondary N) is 2. The molecule has 2 aromatic rings. The van der Waals surface area contributed by atoms with Crippen molar-refractivity contribution >= 4 is 5.95 Å². The highest BCUT2D eigenvalue weighted by molar-refractivity contribution is 5.54. The van der Waals surface area contributed by atoms with Crippen molar-refractivity contribution in [3.05, 3.63) is 24.5 Å². The third-order valence-electron chi connectivity index (χ3n) is 3.25. The molecule has 1 saturated heterocycles. The van der Waals surface area contributed by atoms with E-state index in [9.17, 15) is 0 Å². The number of nitrogens with zero attached hydrogens (tertiary/aromatic N) is 4. The highest BCUT2D eigenvalue weighted by atomic mass is 15.4. The van der Waals surface area contributed by atoms with Gasteiger partial charge in [0.2, 0.25) is 5.95 Å². The molecule has 2 unspecified atom stereocenters. The number of aromatic amines is 1. The summed E-state index contributed by atoms with van der Waals surface area (Å²) in [5.74, 6) is 1.53. The molecule has 1 fully saturated rings. The van der Waals surface area contributed by atoms with Gasteiger partial charge in [0.25, 0.3) is 0 Å². The maximum absolute atomic E-state index is 4.56. The van der Waals surface area contributed by atoms with Crippen molar-refractivity contribution in [1.82, 2.24) is 25.5 Å². The fourth-order valence-electron chi connectivity index (χ4n) is 2.52. The van der Waals surface area contributed by atoms with Gasteiger partial charge in [-0.3, -0.25) is 10.1 Å². The quantitative estimate of drug-likeness (QED) is 0.842. The van der Waals surface area contributed by atoms with Crippen LogP contribution >= 0.6 is 0 Å². The zero-order chi connectivity index (χ0) is 13.2. The summed E-state index contributed by atoms with van der Waals surface area (Å²) in [7, 11) is 0. The Bertz CT molecular complexity index is 527. The first kappa shape index (κ1) is 12.1. The number of hydrogen-bond acceptors (Lipinski definition) is 5. The molecule has 0 spiro atoms. The summed E-state index contributed by atoms with van der Waals surface area (Å²) >= 11 is 0. The smallest absolute Gasteiger partial charge is 0.245 e. The first-order valence-electron chi connectivity index (χ1n) is 6.56. The number of hydrogen-bond donors (Lipinski definition) is 2. The Morgan fingerprint density at radius 2 is 2.05 bits per heavy atom. The summed E-state index contributed by atoms with van der Waals surface area (Å²) in [6.45, 7) is 6.21. The van der Waals surface area contributed by atoms with E-state index in [1.54, 1.807) is 12.4 Å². The van der Waals surface area contributed by atoms with E-state index in [2.05, 4.69) is 44.2 Å². The van der Waals surface area contributed by atoms with Crippen molar-refractivity contribution < 1.29 is 0 Å². The number of H-pyrrole nitrogens is 1. The molecule has 2 aromatic heterocycles. The molecule has 6 heteroatoms. The molecular formula is C13H18N6. The molecule has 0 bridgehead atoms. The lowest BCUT2D eigenvalue weighted by Gasteiger charge is -2.35. The van der Waals surface area contributed by atoms with E-state index < -0.39 is 0 Å². The van der Waals surface area contributed by atoms with Crippen LogP contribution in [0.5, 0.6) is 0 Å². The summed E-state index contributed by atoms with van der Waals surface area (Å²) in [4.78, 5) is 10.9. The van der Waals surface area contributed by atoms with Crippen molar-refractivity contribution in [3.63, 3.8) is 0 Å². The van der Waals surface area contributed by atoms with Crippen LogP contribution in [0.2, 0.25) is 0 Å². The van der Waals surface area contributed by atoms with Crippen molar-refractivity contribution in [1.29, 1.82) is 0 Å². The predicted octanol–water partition coefficient (Wildman–Crippen LogP) is 1.05. The highest BCUT2D eigenvalue weighted by Crippen LogP contribution is 2.18. The van der Waals surface area contributed by atoms with Crippen LogP contribution in [0.25, 0.3) is 11.4 Å². The summed E-state index contributed by atoms with van der Waals surface area (Å²) in [6.07, 6.45) is 3.54. The number of aromatic nitrogens is 4. The number of rotatable bonds is 2. The fourth-order valence-corrected chi connectivity index (χ4v) is 2.52. The molecule has 0 aliphatic carbocycles. The average molecular weight is 258 g/mol. The zero-order valence-electron chi connectivity index (χ0n) is 11.2. The molecule has 0 aromatic carbocycles. The topological polar surface area (TPSA) is 69.7 Å². The lowest BCUT2D eigenvalue weighted by atomic mass is 10.1. The van der Waals surface area contributed by atoms with E-state index in [4.69, 9.17) is 0 Å². The first-order chi connectivity index (χ1) is 9.22. The van der Waals surface area contributed by atoms with Crippen LogP contribution in [0.4, 0.5) is 5.95 Å². The monoisotopic (exact) mass is 258 g/mol. The molecule has 1 aliphatic heterocycles. The molecule has 0 saturated carbocycles. The van der Waals surface area contributed by atoms with Crippen LogP contribution in [0, 0.1) is 0 Å². The summed E-state index contributed by atoms with van der Waals surface area (Å²) in [5.41, 5.74) is 0.956. The predicted molar refractivity (Wildman–Crippen MR) is 73.9 cm³/mol. The van der Waals surface area contributed by atoms with Gasteiger partial charge in [-0.05, 0) is 26.0 Å². The third kappa shape index (κ3) is 2.58. The van der Waals surface area contributed by atoms with E-state index in [1.807, 2.05) is 12.1 Å². The summed E-state index contributed by atoms with van der Waals surface area (Å²) in [6, 6.07) is 4.76. The molecule has 1 aliphatic rings. The van der Waals surface area contributed by atoms with Crippen LogP contribution < -0.4 is 10.2 Å². The van der Waals surface area contributed by atoms with Crippen LogP contribution in [-0.4, -0.2) is 45.3 Å². The lowest BCUT2D eigenvalue weighted by Crippen LogP contribution is -2.54. The number of anilines is 1. The van der Waals surface area contributed by atoms with Crippen LogP contribution in [-0.2, 0) is 0 Å². The third-order valence-corrected chi connectivity index (χ3v) is 3.25. The van der Waals surface area contributed by atoms with Gasteiger partial charge in [-0.25, -0.2) is 0 Å². The SMILES string of the molecule is CC1CN(c2n[nH]c(-c3cccnc3)n2)CC(C)N1. The zero-order valence-corrected chi connectivity index (χ0v) is 11.2. The van der Waals surface area contributed by atoms with Gasteiger partial charge < -0.3 is 10.2 Å². The van der Waals surface area contributed by atoms with Gasteiger partial charge >= 0.3 is 0 Å². The number of piperazine rings is 1. The average Bonchev–Trinajstić information content (AvgIpc) is 2.88. The molecule has 100 valence electrons. The standard InChI is InChI=1S/C13H18N6/c1-9-7-19(8-10(2)15-9)13-16-12(17-18-13)11-4-3-5-14-6-11/h3-6,9-10,15H,7-8H2,1-2H3,(H,16,17,18). The van der Waals surface area contributed by atoms with Crippen molar-refractivity contribution in [3.8, 4) is 11.4 Å². The van der Waals surface area contributed by atoms with E-state index in [1.165, 1.54) is 0 Å². The Hall–Kier alpha value is -1.95. The van der Waals surface area contributed by atoms with Crippen molar-refractivity contribution in [2.75, 3.05) is 18.0 Å². The van der Waals surface area contributed by atoms with Gasteiger partial charge in [-0.2, -0.15) is 4.98 Å². The van der Waals surface area contributed by atoms with Crippen LogP contribution in [0.3, 0.4) is 0 Å². The molecule has 3 rings (SSSR count). The fraction of sp³-hybridized carbons (Fsp3) is 0.462. The minimum atomic E-state index is 0.448. The van der Waals surface area contributed by atoms with Gasteiger partial charge in [0.1, 0.15) is 0 Å². The largest absolute Gasteiger partial charge is 0.336 e. The van der Waals surface area contributed by atoms with Crippen molar-refractivity contribution in [2.24, 2.45) is 0 Å². The van der Waals surface area contributed by atoms with Gasteiger partial charge in [0.05, 0.1) is 0 Å². The van der Waals surface area contributed by atoms with Crippen LogP contribution in [0.1, 0.15) is 13.8 Å². The van der Waals surface area contributed by atoms with Crippen molar-refractivity contribution in [2.45, 2.75) is 25.9 Å². The molecule has 2 atom stereocenters. The highest BCUT2D eigenvalue weighted by Gasteiger charge is 2.23. The maximum Gasteiger partial charge on any atom is 0.245 e. The minimum Gasteiger partial charge on any atom is -0.336 e. The van der Waals surface area contributed by atoms with Gasteiger partial charge in [0.15, 0.2) is 5.82 Å². The molecule has 3 heterocycles. The Morgan fingerprint density at radius 3 is 2.74 bits per heavy atom. The molecule has 2 N–H and O–H groups in total. The molecule has 0 radical (unpaired) electrons. The summed E-state index contributed by atoms with van der Waals surface area (Å²) in [5, 5.41) is 10.8. The van der Waals surface area contributed by atoms with E-state index in [0.29, 0.717) is 12.1 Å². The summed E-state index contributed by atoms with van der Waals surface area (Å²) < 4.78 is 0. The van der Waals surface area contributed by atoms with Gasteiger partial charge in [-0.1, -0.05) is 0 Å². The minimum absolute atomic E-state index is 0.448.